The van der Waals surface area contributed by atoms with Crippen LogP contribution < -0.4 is 5.32 Å². The first-order chi connectivity index (χ1) is 12.8. The highest BCUT2D eigenvalue weighted by molar-refractivity contribution is 8.77. The molecule has 1 aromatic carbocycles. The number of rotatable bonds is 9. The molecule has 0 aliphatic carbocycles. The van der Waals surface area contributed by atoms with E-state index < -0.39 is 0 Å². The molecule has 2 aromatic rings. The number of pyridine rings is 1. The summed E-state index contributed by atoms with van der Waals surface area (Å²) in [5, 5.41) is 3.81. The molecule has 3 nitrogen and oxygen atoms in total. The van der Waals surface area contributed by atoms with Crippen LogP contribution in [0.25, 0.3) is 0 Å². The van der Waals surface area contributed by atoms with E-state index >= 15 is 0 Å². The fourth-order valence-corrected chi connectivity index (χ4v) is 6.59. The molecule has 1 aliphatic heterocycles. The highest BCUT2D eigenvalue weighted by Gasteiger charge is 2.15. The minimum atomic E-state index is 0.120. The lowest BCUT2D eigenvalue weighted by atomic mass is 10.1. The fraction of sp³-hybridized carbons (Fsp3) is 0.400. The Morgan fingerprint density at radius 1 is 1.23 bits per heavy atom. The second-order valence-corrected chi connectivity index (χ2v) is 10.1. The molecule has 0 spiro atoms. The van der Waals surface area contributed by atoms with E-state index in [-0.39, 0.29) is 5.91 Å². The van der Waals surface area contributed by atoms with Crippen LogP contribution in [-0.4, -0.2) is 21.9 Å². The van der Waals surface area contributed by atoms with Gasteiger partial charge in [-0.1, -0.05) is 34.1 Å². The van der Waals surface area contributed by atoms with Gasteiger partial charge in [-0.05, 0) is 55.2 Å². The first-order valence-electron chi connectivity index (χ1n) is 8.99. The normalized spacial score (nSPS) is 16.5. The first kappa shape index (κ1) is 19.6. The summed E-state index contributed by atoms with van der Waals surface area (Å²) in [5.41, 5.74) is 2.09. The number of unbranched alkanes of at least 4 members (excludes halogenated alkanes) is 1. The van der Waals surface area contributed by atoms with Gasteiger partial charge in [0.1, 0.15) is 0 Å². The zero-order valence-electron chi connectivity index (χ0n) is 14.7. The van der Waals surface area contributed by atoms with Crippen molar-refractivity contribution in [2.24, 2.45) is 0 Å². The molecule has 0 bridgehead atoms. The number of aromatic nitrogens is 1. The van der Waals surface area contributed by atoms with Gasteiger partial charge in [0, 0.05) is 46.2 Å². The number of carbonyl (C=O) groups excluding carboxylic acids is 1. The molecular formula is C20H24N2OS3. The Bertz CT molecular complexity index is 673. The highest BCUT2D eigenvalue weighted by Crippen LogP contribution is 2.39. The molecule has 0 radical (unpaired) electrons. The Balaban J connectivity index is 1.34. The Morgan fingerprint density at radius 2 is 2.12 bits per heavy atom. The molecule has 1 saturated heterocycles. The SMILES string of the molecule is O=C(CCCCC1CCSS1)Nc1ccc(SCc2cccnc2)cc1. The number of hydrogen-bond acceptors (Lipinski definition) is 5. The minimum absolute atomic E-state index is 0.120. The van der Waals surface area contributed by atoms with Crippen molar-refractivity contribution in [1.82, 2.24) is 4.98 Å². The molecule has 1 amide bonds. The predicted molar refractivity (Wildman–Crippen MR) is 116 cm³/mol. The largest absolute Gasteiger partial charge is 0.326 e. The van der Waals surface area contributed by atoms with Crippen LogP contribution in [-0.2, 0) is 10.5 Å². The second-order valence-electron chi connectivity index (χ2n) is 6.30. The molecule has 2 heterocycles. The molecule has 1 unspecified atom stereocenters. The lowest BCUT2D eigenvalue weighted by molar-refractivity contribution is -0.116. The van der Waals surface area contributed by atoms with Gasteiger partial charge in [-0.25, -0.2) is 0 Å². The maximum Gasteiger partial charge on any atom is 0.224 e. The molecular weight excluding hydrogens is 380 g/mol. The summed E-state index contributed by atoms with van der Waals surface area (Å²) < 4.78 is 0. The van der Waals surface area contributed by atoms with E-state index in [0.717, 1.165) is 29.5 Å². The second kappa shape index (κ2) is 10.9. The van der Waals surface area contributed by atoms with Crippen LogP contribution in [0.4, 0.5) is 5.69 Å². The topological polar surface area (TPSA) is 42.0 Å². The lowest BCUT2D eigenvalue weighted by Crippen LogP contribution is -2.11. The smallest absolute Gasteiger partial charge is 0.224 e. The zero-order chi connectivity index (χ0) is 18.0. The number of anilines is 1. The zero-order valence-corrected chi connectivity index (χ0v) is 17.2. The third-order valence-electron chi connectivity index (χ3n) is 4.17. The number of nitrogens with one attached hydrogen (secondary N) is 1. The maximum atomic E-state index is 12.1. The van der Waals surface area contributed by atoms with Crippen molar-refractivity contribution < 1.29 is 4.79 Å². The van der Waals surface area contributed by atoms with E-state index in [0.29, 0.717) is 6.42 Å². The van der Waals surface area contributed by atoms with Crippen molar-refractivity contribution in [3.8, 4) is 0 Å². The van der Waals surface area contributed by atoms with Crippen LogP contribution in [0.5, 0.6) is 0 Å². The Hall–Kier alpha value is -1.11. The van der Waals surface area contributed by atoms with Crippen molar-refractivity contribution in [1.29, 1.82) is 0 Å². The van der Waals surface area contributed by atoms with Crippen molar-refractivity contribution in [3.63, 3.8) is 0 Å². The molecule has 26 heavy (non-hydrogen) atoms. The van der Waals surface area contributed by atoms with E-state index in [9.17, 15) is 4.79 Å². The standard InChI is InChI=1S/C20H24N2OS3/c23-20(6-2-1-5-19-11-13-25-26-19)22-17-7-9-18(10-8-17)24-15-16-4-3-12-21-14-16/h3-4,7-10,12,14,19H,1-2,5-6,11,13,15H2,(H,22,23). The molecule has 1 aliphatic rings. The Kier molecular flexibility index (Phi) is 8.24. The highest BCUT2D eigenvalue weighted by atomic mass is 33.1. The van der Waals surface area contributed by atoms with Gasteiger partial charge in [0.25, 0.3) is 0 Å². The van der Waals surface area contributed by atoms with Crippen LogP contribution in [0.3, 0.4) is 0 Å². The third kappa shape index (κ3) is 6.89. The molecule has 1 fully saturated rings. The summed E-state index contributed by atoms with van der Waals surface area (Å²) in [6, 6.07) is 12.1. The van der Waals surface area contributed by atoms with Crippen LogP contribution >= 0.6 is 33.3 Å². The predicted octanol–water partition coefficient (Wildman–Crippen LogP) is 6.03. The van der Waals surface area contributed by atoms with E-state index in [1.165, 1.54) is 29.1 Å². The first-order valence-corrected chi connectivity index (χ1v) is 12.4. The summed E-state index contributed by atoms with van der Waals surface area (Å²) in [6.07, 6.45) is 8.99. The van der Waals surface area contributed by atoms with Gasteiger partial charge in [-0.3, -0.25) is 9.78 Å². The van der Waals surface area contributed by atoms with Gasteiger partial charge in [0.15, 0.2) is 0 Å². The lowest BCUT2D eigenvalue weighted by Gasteiger charge is -2.08. The number of thioether (sulfide) groups is 1. The van der Waals surface area contributed by atoms with Gasteiger partial charge >= 0.3 is 0 Å². The number of nitrogens with zero attached hydrogens (tertiary/aromatic N) is 1. The van der Waals surface area contributed by atoms with Gasteiger partial charge < -0.3 is 5.32 Å². The molecule has 6 heteroatoms. The Morgan fingerprint density at radius 3 is 2.85 bits per heavy atom. The molecule has 1 atom stereocenters. The van der Waals surface area contributed by atoms with E-state index in [1.807, 2.05) is 46.0 Å². The fourth-order valence-electron chi connectivity index (χ4n) is 2.73. The molecule has 3 rings (SSSR count). The van der Waals surface area contributed by atoms with Gasteiger partial charge in [0.2, 0.25) is 5.91 Å². The van der Waals surface area contributed by atoms with Gasteiger partial charge in [-0.15, -0.1) is 11.8 Å². The van der Waals surface area contributed by atoms with Crippen LogP contribution in [0, 0.1) is 0 Å². The van der Waals surface area contributed by atoms with E-state index in [4.69, 9.17) is 0 Å². The number of carbonyl (C=O) groups is 1. The number of hydrogen-bond donors (Lipinski definition) is 1. The van der Waals surface area contributed by atoms with Gasteiger partial charge in [-0.2, -0.15) is 0 Å². The van der Waals surface area contributed by atoms with Gasteiger partial charge in [0.05, 0.1) is 0 Å². The van der Waals surface area contributed by atoms with Crippen LogP contribution in [0.1, 0.15) is 37.7 Å². The van der Waals surface area contributed by atoms with Crippen molar-refractivity contribution in [2.45, 2.75) is 48.0 Å². The quantitative estimate of drug-likeness (QED) is 0.314. The summed E-state index contributed by atoms with van der Waals surface area (Å²) in [7, 11) is 4.00. The van der Waals surface area contributed by atoms with Crippen LogP contribution in [0.2, 0.25) is 0 Å². The maximum absolute atomic E-state index is 12.1. The third-order valence-corrected chi connectivity index (χ3v) is 8.26. The molecule has 138 valence electrons. The van der Waals surface area contributed by atoms with Crippen molar-refractivity contribution >= 4 is 44.9 Å². The summed E-state index contributed by atoms with van der Waals surface area (Å²) in [6.45, 7) is 0. The van der Waals surface area contributed by atoms with E-state index in [2.05, 4.69) is 28.5 Å². The molecule has 0 saturated carbocycles. The Labute approximate surface area is 167 Å². The summed E-state index contributed by atoms with van der Waals surface area (Å²) in [4.78, 5) is 17.4. The van der Waals surface area contributed by atoms with E-state index in [1.54, 1.807) is 18.0 Å². The van der Waals surface area contributed by atoms with Crippen LogP contribution in [0.15, 0.2) is 53.7 Å². The molecule has 1 N–H and O–H groups in total. The molecule has 1 aromatic heterocycles. The monoisotopic (exact) mass is 404 g/mol. The average molecular weight is 405 g/mol. The van der Waals surface area contributed by atoms with Crippen molar-refractivity contribution in [3.05, 3.63) is 54.4 Å². The minimum Gasteiger partial charge on any atom is -0.326 e. The number of amides is 1. The van der Waals surface area contributed by atoms with Crippen molar-refractivity contribution in [2.75, 3.05) is 11.1 Å². The average Bonchev–Trinajstić information content (AvgIpc) is 3.19. The summed E-state index contributed by atoms with van der Waals surface area (Å²) in [5.74, 6) is 2.30. The summed E-state index contributed by atoms with van der Waals surface area (Å²) >= 11 is 1.77. The number of benzene rings is 1.